The summed E-state index contributed by atoms with van der Waals surface area (Å²) < 4.78 is 7.39. The van der Waals surface area contributed by atoms with Crippen LogP contribution in [0.15, 0.2) is 4.99 Å². The third-order valence-electron chi connectivity index (χ3n) is 4.91. The van der Waals surface area contributed by atoms with E-state index in [0.717, 1.165) is 44.7 Å². The molecule has 1 aromatic rings. The molecule has 8 nitrogen and oxygen atoms in total. The number of amides is 1. The number of hydrogen-bond donors (Lipinski definition) is 2. The van der Waals surface area contributed by atoms with E-state index in [9.17, 15) is 4.79 Å². The first-order valence-electron chi connectivity index (χ1n) is 9.79. The minimum absolute atomic E-state index is 0.0126. The highest BCUT2D eigenvalue weighted by molar-refractivity contribution is 5.86. The van der Waals surface area contributed by atoms with Gasteiger partial charge in [-0.1, -0.05) is 13.8 Å². The second-order valence-electron chi connectivity index (χ2n) is 7.12. The van der Waals surface area contributed by atoms with Gasteiger partial charge in [0.05, 0.1) is 25.4 Å². The van der Waals surface area contributed by atoms with Gasteiger partial charge < -0.3 is 20.3 Å². The highest BCUT2D eigenvalue weighted by Gasteiger charge is 2.17. The molecule has 1 aliphatic heterocycles. The molecule has 27 heavy (non-hydrogen) atoms. The van der Waals surface area contributed by atoms with Gasteiger partial charge in [0.2, 0.25) is 5.91 Å². The molecule has 0 aromatic carbocycles. The summed E-state index contributed by atoms with van der Waals surface area (Å²) in [7, 11) is 5.49. The Labute approximate surface area is 162 Å². The first-order valence-corrected chi connectivity index (χ1v) is 9.79. The van der Waals surface area contributed by atoms with Gasteiger partial charge in [-0.3, -0.25) is 9.48 Å². The highest BCUT2D eigenvalue weighted by Crippen LogP contribution is 2.16. The molecule has 1 unspecified atom stereocenters. The fourth-order valence-corrected chi connectivity index (χ4v) is 3.21. The minimum Gasteiger partial charge on any atom is -0.381 e. The molecule has 1 fully saturated rings. The van der Waals surface area contributed by atoms with Crippen LogP contribution in [0.4, 0.5) is 0 Å². The monoisotopic (exact) mass is 378 g/mol. The van der Waals surface area contributed by atoms with E-state index in [0.29, 0.717) is 18.4 Å². The molecule has 152 valence electrons. The van der Waals surface area contributed by atoms with Crippen LogP contribution in [-0.4, -0.2) is 66.9 Å². The predicted molar refractivity (Wildman–Crippen MR) is 107 cm³/mol. The Balaban J connectivity index is 2.09. The summed E-state index contributed by atoms with van der Waals surface area (Å²) in [5, 5.41) is 11.1. The molecule has 2 N–H and O–H groups in total. The zero-order valence-corrected chi connectivity index (χ0v) is 17.3. The van der Waals surface area contributed by atoms with E-state index in [1.54, 1.807) is 19.0 Å². The molecule has 1 aliphatic rings. The molecule has 2 rings (SSSR count). The van der Waals surface area contributed by atoms with Crippen molar-refractivity contribution in [1.82, 2.24) is 25.3 Å². The van der Waals surface area contributed by atoms with Crippen molar-refractivity contribution in [2.75, 3.05) is 40.4 Å². The van der Waals surface area contributed by atoms with Crippen molar-refractivity contribution in [3.63, 3.8) is 0 Å². The maximum Gasteiger partial charge on any atom is 0.241 e. The number of carbonyl (C=O) groups is 1. The first kappa shape index (κ1) is 21.2. The lowest BCUT2D eigenvalue weighted by molar-refractivity contribution is -0.127. The lowest BCUT2D eigenvalue weighted by atomic mass is 10.1. The largest absolute Gasteiger partial charge is 0.381 e. The van der Waals surface area contributed by atoms with Gasteiger partial charge in [0.15, 0.2) is 5.96 Å². The van der Waals surface area contributed by atoms with Crippen LogP contribution in [0.25, 0.3) is 0 Å². The number of rotatable bonds is 8. The molecule has 0 bridgehead atoms. The Kier molecular flexibility index (Phi) is 8.09. The molecule has 0 saturated carbocycles. The maximum atomic E-state index is 11.9. The van der Waals surface area contributed by atoms with Gasteiger partial charge in [-0.2, -0.15) is 5.10 Å². The van der Waals surface area contributed by atoms with Gasteiger partial charge in [0, 0.05) is 51.5 Å². The van der Waals surface area contributed by atoms with Crippen LogP contribution in [0.1, 0.15) is 37.2 Å². The van der Waals surface area contributed by atoms with Crippen LogP contribution in [0.5, 0.6) is 0 Å². The second-order valence-corrected chi connectivity index (χ2v) is 7.12. The quantitative estimate of drug-likeness (QED) is 0.514. The van der Waals surface area contributed by atoms with Gasteiger partial charge in [-0.15, -0.1) is 0 Å². The van der Waals surface area contributed by atoms with Crippen LogP contribution in [-0.2, 0) is 36.0 Å². The fourth-order valence-electron chi connectivity index (χ4n) is 3.21. The predicted octanol–water partition coefficient (Wildman–Crippen LogP) is 0.705. The normalized spacial score (nSPS) is 17.2. The highest BCUT2D eigenvalue weighted by atomic mass is 16.5. The molecule has 0 aliphatic carbocycles. The first-order chi connectivity index (χ1) is 13.0. The van der Waals surface area contributed by atoms with E-state index in [-0.39, 0.29) is 12.5 Å². The summed E-state index contributed by atoms with van der Waals surface area (Å²) in [6.07, 6.45) is 2.86. The van der Waals surface area contributed by atoms with Crippen molar-refractivity contribution in [1.29, 1.82) is 0 Å². The Morgan fingerprint density at radius 1 is 1.33 bits per heavy atom. The van der Waals surface area contributed by atoms with Gasteiger partial charge in [-0.05, 0) is 19.3 Å². The summed E-state index contributed by atoms with van der Waals surface area (Å²) in [6.45, 7) is 7.40. The van der Waals surface area contributed by atoms with Crippen LogP contribution in [0.2, 0.25) is 0 Å². The molecule has 1 amide bonds. The van der Waals surface area contributed by atoms with Gasteiger partial charge in [0.1, 0.15) is 0 Å². The number of guanidine groups is 1. The van der Waals surface area contributed by atoms with Gasteiger partial charge >= 0.3 is 0 Å². The molecule has 1 atom stereocenters. The lowest BCUT2D eigenvalue weighted by Gasteiger charge is -2.16. The van der Waals surface area contributed by atoms with Gasteiger partial charge in [-0.25, -0.2) is 4.99 Å². The number of aliphatic imine (C=N–C) groups is 1. The summed E-state index contributed by atoms with van der Waals surface area (Å²) in [6, 6.07) is 0. The molecule has 8 heteroatoms. The molecule has 2 heterocycles. The molecular weight excluding hydrogens is 344 g/mol. The summed E-state index contributed by atoms with van der Waals surface area (Å²) >= 11 is 0. The Morgan fingerprint density at radius 2 is 2.11 bits per heavy atom. The maximum absolute atomic E-state index is 11.9. The second kappa shape index (κ2) is 10.3. The summed E-state index contributed by atoms with van der Waals surface area (Å²) in [5.41, 5.74) is 3.49. The van der Waals surface area contributed by atoms with Crippen molar-refractivity contribution in [2.45, 2.75) is 39.7 Å². The smallest absolute Gasteiger partial charge is 0.241 e. The minimum atomic E-state index is 0.0126. The number of hydrogen-bond acceptors (Lipinski definition) is 4. The van der Waals surface area contributed by atoms with E-state index < -0.39 is 0 Å². The van der Waals surface area contributed by atoms with Crippen LogP contribution in [0.3, 0.4) is 0 Å². The number of aromatic nitrogens is 2. The average molecular weight is 379 g/mol. The van der Waals surface area contributed by atoms with Crippen molar-refractivity contribution in [3.05, 3.63) is 17.0 Å². The summed E-state index contributed by atoms with van der Waals surface area (Å²) in [5.74, 6) is 1.15. The van der Waals surface area contributed by atoms with Gasteiger partial charge in [0.25, 0.3) is 0 Å². The molecule has 1 aromatic heterocycles. The molecular formula is C19H34N6O2. The Bertz CT molecular complexity index is 647. The van der Waals surface area contributed by atoms with Crippen molar-refractivity contribution < 1.29 is 9.53 Å². The van der Waals surface area contributed by atoms with E-state index in [2.05, 4.69) is 29.6 Å². The number of likely N-dealkylation sites (N-methyl/N-ethyl adjacent to an activating group) is 1. The van der Waals surface area contributed by atoms with Crippen molar-refractivity contribution >= 4 is 11.9 Å². The Hall–Kier alpha value is -2.09. The van der Waals surface area contributed by atoms with E-state index in [1.807, 2.05) is 11.7 Å². The average Bonchev–Trinajstić information content (AvgIpc) is 3.27. The summed E-state index contributed by atoms with van der Waals surface area (Å²) in [4.78, 5) is 18.3. The van der Waals surface area contributed by atoms with Crippen LogP contribution < -0.4 is 10.6 Å². The number of aryl methyl sites for hydroxylation is 2. The van der Waals surface area contributed by atoms with Crippen molar-refractivity contribution in [3.8, 4) is 0 Å². The molecule has 0 radical (unpaired) electrons. The van der Waals surface area contributed by atoms with Crippen LogP contribution in [0, 0.1) is 5.92 Å². The Morgan fingerprint density at radius 3 is 2.70 bits per heavy atom. The number of carbonyl (C=O) groups excluding carboxylic acids is 1. The topological polar surface area (TPSA) is 83.8 Å². The van der Waals surface area contributed by atoms with E-state index in [4.69, 9.17) is 9.73 Å². The number of nitrogens with zero attached hydrogens (tertiary/aromatic N) is 4. The SMILES string of the molecule is CCc1nn(C)c(CC)c1CN=C(NCC(=O)N(C)C)NCC1CCOC1. The standard InChI is InChI=1S/C19H34N6O2/c1-6-16-15(17(7-2)25(5)23-16)11-21-19(22-12-18(26)24(3)4)20-10-14-8-9-27-13-14/h14H,6-13H2,1-5H3,(H2,20,21,22). The van der Waals surface area contributed by atoms with E-state index >= 15 is 0 Å². The molecule has 1 saturated heterocycles. The van der Waals surface area contributed by atoms with Crippen LogP contribution >= 0.6 is 0 Å². The van der Waals surface area contributed by atoms with Crippen molar-refractivity contribution in [2.24, 2.45) is 18.0 Å². The number of ether oxygens (including phenoxy) is 1. The lowest BCUT2D eigenvalue weighted by Crippen LogP contribution is -2.44. The van der Waals surface area contributed by atoms with E-state index in [1.165, 1.54) is 11.3 Å². The fraction of sp³-hybridized carbons (Fsp3) is 0.737. The molecule has 0 spiro atoms. The third kappa shape index (κ3) is 5.95. The zero-order valence-electron chi connectivity index (χ0n) is 17.3. The zero-order chi connectivity index (χ0) is 19.8. The third-order valence-corrected chi connectivity index (χ3v) is 4.91. The number of nitrogens with one attached hydrogen (secondary N) is 2.